The molecule has 0 bridgehead atoms. The van der Waals surface area contributed by atoms with Gasteiger partial charge in [-0.25, -0.2) is 4.98 Å². The maximum Gasteiger partial charge on any atom is 0.241 e. The number of hydrogen-bond acceptors (Lipinski definition) is 3. The van der Waals surface area contributed by atoms with E-state index >= 15 is 0 Å². The van der Waals surface area contributed by atoms with Crippen LogP contribution in [0.1, 0.15) is 49.0 Å². The van der Waals surface area contributed by atoms with Gasteiger partial charge in [-0.2, -0.15) is 0 Å². The lowest BCUT2D eigenvalue weighted by Crippen LogP contribution is -2.40. The summed E-state index contributed by atoms with van der Waals surface area (Å²) in [5.74, 6) is 1.60. The van der Waals surface area contributed by atoms with Gasteiger partial charge in [0.25, 0.3) is 0 Å². The van der Waals surface area contributed by atoms with Crippen LogP contribution in [0.15, 0.2) is 42.7 Å². The molecule has 5 nitrogen and oxygen atoms in total. The number of nitrogens with one attached hydrogen (secondary N) is 2. The minimum Gasteiger partial charge on any atom is -0.352 e. The van der Waals surface area contributed by atoms with Crippen LogP contribution in [0, 0.1) is 0 Å². The van der Waals surface area contributed by atoms with Crippen LogP contribution in [-0.4, -0.2) is 28.0 Å². The molecule has 2 N–H and O–H groups in total. The van der Waals surface area contributed by atoms with E-state index in [4.69, 9.17) is 0 Å². The molecule has 2 aromatic rings. The number of carbonyl (C=O) groups excluding carboxylic acids is 1. The van der Waals surface area contributed by atoms with Gasteiger partial charge < -0.3 is 15.2 Å². The molecule has 1 aromatic carbocycles. The molecule has 5 heteroatoms. The zero-order chi connectivity index (χ0) is 16.4. The quantitative estimate of drug-likeness (QED) is 0.858. The summed E-state index contributed by atoms with van der Waals surface area (Å²) in [6.07, 6.45) is 8.43. The average Bonchev–Trinajstić information content (AvgIpc) is 3.28. The Morgan fingerprint density at radius 3 is 2.88 bits per heavy atom. The van der Waals surface area contributed by atoms with E-state index in [1.165, 1.54) is 6.42 Å². The smallest absolute Gasteiger partial charge is 0.241 e. The first-order valence-electron chi connectivity index (χ1n) is 8.91. The Morgan fingerprint density at radius 1 is 1.25 bits per heavy atom. The summed E-state index contributed by atoms with van der Waals surface area (Å²) >= 11 is 0. The normalized spacial score (nSPS) is 21.1. The molecule has 0 spiro atoms. The van der Waals surface area contributed by atoms with Crippen molar-refractivity contribution in [1.29, 1.82) is 0 Å². The third-order valence-electron chi connectivity index (χ3n) is 4.95. The summed E-state index contributed by atoms with van der Waals surface area (Å²) in [5.41, 5.74) is 1.02. The molecular formula is C19H24N4O. The maximum absolute atomic E-state index is 12.7. The van der Waals surface area contributed by atoms with E-state index in [1.807, 2.05) is 36.5 Å². The molecule has 2 heterocycles. The molecule has 1 saturated carbocycles. The number of benzene rings is 1. The molecule has 0 saturated heterocycles. The SMILES string of the molecule is O=C(NC1CC1)[C@@H](NC[C@@H]1CCCn2ccnc21)c1ccccc1. The molecule has 1 aromatic heterocycles. The lowest BCUT2D eigenvalue weighted by Gasteiger charge is -2.26. The molecule has 0 unspecified atom stereocenters. The third kappa shape index (κ3) is 3.36. The van der Waals surface area contributed by atoms with E-state index in [0.29, 0.717) is 12.0 Å². The summed E-state index contributed by atoms with van der Waals surface area (Å²) in [7, 11) is 0. The van der Waals surface area contributed by atoms with Gasteiger partial charge in [-0.05, 0) is 31.2 Å². The highest BCUT2D eigenvalue weighted by Crippen LogP contribution is 2.26. The number of imidazole rings is 1. The average molecular weight is 324 g/mol. The molecule has 4 rings (SSSR count). The predicted octanol–water partition coefficient (Wildman–Crippen LogP) is 2.37. The van der Waals surface area contributed by atoms with Crippen LogP contribution in [0.3, 0.4) is 0 Å². The van der Waals surface area contributed by atoms with Gasteiger partial charge in [-0.15, -0.1) is 0 Å². The van der Waals surface area contributed by atoms with Crippen LogP contribution >= 0.6 is 0 Å². The first kappa shape index (κ1) is 15.4. The van der Waals surface area contributed by atoms with E-state index in [1.54, 1.807) is 0 Å². The summed E-state index contributed by atoms with van der Waals surface area (Å²) in [6, 6.07) is 10.1. The summed E-state index contributed by atoms with van der Waals surface area (Å²) in [6.45, 7) is 1.82. The molecule has 1 aliphatic carbocycles. The molecular weight excluding hydrogens is 300 g/mol. The summed E-state index contributed by atoms with van der Waals surface area (Å²) in [5, 5.41) is 6.64. The van der Waals surface area contributed by atoms with Crippen LogP contribution in [0.5, 0.6) is 0 Å². The highest BCUT2D eigenvalue weighted by atomic mass is 16.2. The Labute approximate surface area is 142 Å². The molecule has 2 aliphatic rings. The number of nitrogens with zero attached hydrogens (tertiary/aromatic N) is 2. The van der Waals surface area contributed by atoms with Crippen LogP contribution in [0.2, 0.25) is 0 Å². The number of hydrogen-bond donors (Lipinski definition) is 2. The lowest BCUT2D eigenvalue weighted by atomic mass is 9.97. The number of carbonyl (C=O) groups is 1. The second kappa shape index (κ2) is 6.77. The first-order valence-corrected chi connectivity index (χ1v) is 8.91. The predicted molar refractivity (Wildman–Crippen MR) is 92.6 cm³/mol. The number of fused-ring (bicyclic) bond motifs is 1. The van der Waals surface area contributed by atoms with Crippen molar-refractivity contribution >= 4 is 5.91 Å². The van der Waals surface area contributed by atoms with Crippen molar-refractivity contribution in [2.75, 3.05) is 6.54 Å². The van der Waals surface area contributed by atoms with E-state index < -0.39 is 0 Å². The van der Waals surface area contributed by atoms with Gasteiger partial charge in [0.15, 0.2) is 0 Å². The zero-order valence-electron chi connectivity index (χ0n) is 13.8. The Bertz CT molecular complexity index is 692. The standard InChI is InChI=1S/C19H24N4O/c24-19(22-16-8-9-16)17(14-5-2-1-3-6-14)21-13-15-7-4-11-23-12-10-20-18(15)23/h1-3,5-6,10,12,15-17,21H,4,7-9,11,13H2,(H,22,24)/t15-,17-/m0/s1. The van der Waals surface area contributed by atoms with Gasteiger partial charge in [-0.3, -0.25) is 4.79 Å². The zero-order valence-corrected chi connectivity index (χ0v) is 13.8. The third-order valence-corrected chi connectivity index (χ3v) is 4.95. The van der Waals surface area contributed by atoms with Crippen molar-refractivity contribution in [3.05, 3.63) is 54.1 Å². The van der Waals surface area contributed by atoms with Crippen LogP contribution in [0.4, 0.5) is 0 Å². The maximum atomic E-state index is 12.7. The van der Waals surface area contributed by atoms with Gasteiger partial charge in [0.1, 0.15) is 11.9 Å². The lowest BCUT2D eigenvalue weighted by molar-refractivity contribution is -0.123. The Kier molecular flexibility index (Phi) is 4.34. The monoisotopic (exact) mass is 324 g/mol. The number of amides is 1. The van der Waals surface area contributed by atoms with Crippen molar-refractivity contribution in [3.63, 3.8) is 0 Å². The molecule has 1 aliphatic heterocycles. The number of rotatable bonds is 6. The molecule has 2 atom stereocenters. The van der Waals surface area contributed by atoms with Crippen molar-refractivity contribution in [3.8, 4) is 0 Å². The highest BCUT2D eigenvalue weighted by molar-refractivity contribution is 5.83. The molecule has 1 amide bonds. The van der Waals surface area contributed by atoms with Gasteiger partial charge in [0, 0.05) is 37.4 Å². The molecule has 0 radical (unpaired) electrons. The Hall–Kier alpha value is -2.14. The van der Waals surface area contributed by atoms with Crippen LogP contribution < -0.4 is 10.6 Å². The topological polar surface area (TPSA) is 59.0 Å². The molecule has 24 heavy (non-hydrogen) atoms. The van der Waals surface area contributed by atoms with Crippen LogP contribution in [0.25, 0.3) is 0 Å². The summed E-state index contributed by atoms with van der Waals surface area (Å²) < 4.78 is 2.23. The Balaban J connectivity index is 1.47. The fourth-order valence-electron chi connectivity index (χ4n) is 3.48. The van der Waals surface area contributed by atoms with E-state index in [2.05, 4.69) is 26.4 Å². The second-order valence-corrected chi connectivity index (χ2v) is 6.85. The molecule has 1 fully saturated rings. The van der Waals surface area contributed by atoms with E-state index in [0.717, 1.165) is 43.7 Å². The minimum absolute atomic E-state index is 0.0860. The molecule has 126 valence electrons. The van der Waals surface area contributed by atoms with Crippen molar-refractivity contribution in [2.24, 2.45) is 0 Å². The first-order chi connectivity index (χ1) is 11.8. The number of aromatic nitrogens is 2. The van der Waals surface area contributed by atoms with Crippen molar-refractivity contribution in [2.45, 2.75) is 50.2 Å². The largest absolute Gasteiger partial charge is 0.352 e. The highest BCUT2D eigenvalue weighted by Gasteiger charge is 2.29. The van der Waals surface area contributed by atoms with E-state index in [9.17, 15) is 4.79 Å². The van der Waals surface area contributed by atoms with Crippen molar-refractivity contribution < 1.29 is 4.79 Å². The van der Waals surface area contributed by atoms with Gasteiger partial charge in [0.05, 0.1) is 0 Å². The van der Waals surface area contributed by atoms with Crippen LogP contribution in [-0.2, 0) is 11.3 Å². The second-order valence-electron chi connectivity index (χ2n) is 6.85. The minimum atomic E-state index is -0.294. The fourth-order valence-corrected chi connectivity index (χ4v) is 3.48. The van der Waals surface area contributed by atoms with Gasteiger partial charge >= 0.3 is 0 Å². The Morgan fingerprint density at radius 2 is 2.08 bits per heavy atom. The van der Waals surface area contributed by atoms with Gasteiger partial charge in [0.2, 0.25) is 5.91 Å². The number of aryl methyl sites for hydroxylation is 1. The van der Waals surface area contributed by atoms with Crippen molar-refractivity contribution in [1.82, 2.24) is 20.2 Å². The summed E-state index contributed by atoms with van der Waals surface area (Å²) in [4.78, 5) is 17.2. The fraction of sp³-hybridized carbons (Fsp3) is 0.474. The van der Waals surface area contributed by atoms with Gasteiger partial charge in [-0.1, -0.05) is 30.3 Å². The van der Waals surface area contributed by atoms with E-state index in [-0.39, 0.29) is 11.9 Å².